The van der Waals surface area contributed by atoms with Crippen molar-refractivity contribution >= 4 is 5.69 Å². The molecule has 1 saturated heterocycles. The van der Waals surface area contributed by atoms with E-state index in [1.807, 2.05) is 0 Å². The van der Waals surface area contributed by atoms with Crippen LogP contribution in [0.1, 0.15) is 36.8 Å². The van der Waals surface area contributed by atoms with Gasteiger partial charge in [-0.1, -0.05) is 24.6 Å². The third-order valence-electron chi connectivity index (χ3n) is 4.18. The van der Waals surface area contributed by atoms with Gasteiger partial charge < -0.3 is 10.2 Å². The predicted octanol–water partition coefficient (Wildman–Crippen LogP) is 3.59. The second kappa shape index (κ2) is 6.24. The van der Waals surface area contributed by atoms with E-state index in [0.717, 1.165) is 12.6 Å². The monoisotopic (exact) mass is 246 g/mol. The molecular weight excluding hydrogens is 220 g/mol. The smallest absolute Gasteiger partial charge is 0.0399 e. The van der Waals surface area contributed by atoms with E-state index >= 15 is 0 Å². The van der Waals surface area contributed by atoms with Gasteiger partial charge in [-0.25, -0.2) is 0 Å². The summed E-state index contributed by atoms with van der Waals surface area (Å²) in [6.07, 6.45) is 5.39. The minimum absolute atomic E-state index is 0.774. The zero-order valence-corrected chi connectivity index (χ0v) is 12.0. The molecule has 1 N–H and O–H groups in total. The van der Waals surface area contributed by atoms with Gasteiger partial charge in [0.05, 0.1) is 0 Å². The van der Waals surface area contributed by atoms with Gasteiger partial charge in [0.2, 0.25) is 0 Å². The van der Waals surface area contributed by atoms with Crippen LogP contribution in [0.2, 0.25) is 0 Å². The maximum atomic E-state index is 3.62. The summed E-state index contributed by atoms with van der Waals surface area (Å²) >= 11 is 0. The minimum Gasteiger partial charge on any atom is -0.385 e. The van der Waals surface area contributed by atoms with Crippen molar-refractivity contribution in [3.63, 3.8) is 0 Å². The van der Waals surface area contributed by atoms with Crippen LogP contribution >= 0.6 is 0 Å². The van der Waals surface area contributed by atoms with Crippen LogP contribution in [0.15, 0.2) is 18.2 Å². The first-order chi connectivity index (χ1) is 8.68. The van der Waals surface area contributed by atoms with Gasteiger partial charge in [-0.3, -0.25) is 0 Å². The van der Waals surface area contributed by atoms with Gasteiger partial charge in [0, 0.05) is 18.3 Å². The van der Waals surface area contributed by atoms with Crippen molar-refractivity contribution in [3.05, 3.63) is 29.3 Å². The molecule has 1 fully saturated rings. The van der Waals surface area contributed by atoms with Gasteiger partial charge in [-0.15, -0.1) is 0 Å². The molecule has 1 aliphatic heterocycles. The van der Waals surface area contributed by atoms with Crippen molar-refractivity contribution < 1.29 is 0 Å². The average Bonchev–Trinajstić information content (AvgIpc) is 2.35. The van der Waals surface area contributed by atoms with Gasteiger partial charge in [0.15, 0.2) is 0 Å². The van der Waals surface area contributed by atoms with Crippen LogP contribution in [-0.2, 0) is 0 Å². The third kappa shape index (κ3) is 3.26. The van der Waals surface area contributed by atoms with Gasteiger partial charge in [-0.05, 0) is 57.8 Å². The lowest BCUT2D eigenvalue weighted by Gasteiger charge is -2.32. The molecule has 1 heterocycles. The fourth-order valence-electron chi connectivity index (χ4n) is 2.97. The predicted molar refractivity (Wildman–Crippen MR) is 79.3 cm³/mol. The summed E-state index contributed by atoms with van der Waals surface area (Å²) in [5.41, 5.74) is 4.04. The molecule has 1 aromatic carbocycles. The molecule has 0 aromatic heterocycles. The lowest BCUT2D eigenvalue weighted by Crippen LogP contribution is -2.37. The van der Waals surface area contributed by atoms with Crippen molar-refractivity contribution in [1.29, 1.82) is 0 Å². The Balaban J connectivity index is 1.84. The molecule has 0 aliphatic carbocycles. The molecule has 0 bridgehead atoms. The maximum absolute atomic E-state index is 3.62. The number of nitrogens with zero attached hydrogens (tertiary/aromatic N) is 1. The molecule has 2 rings (SSSR count). The highest BCUT2D eigenvalue weighted by atomic mass is 15.1. The summed E-state index contributed by atoms with van der Waals surface area (Å²) in [5.74, 6) is 0. The molecule has 1 unspecified atom stereocenters. The highest BCUT2D eigenvalue weighted by molar-refractivity contribution is 5.56. The van der Waals surface area contributed by atoms with Crippen molar-refractivity contribution in [2.24, 2.45) is 0 Å². The number of aryl methyl sites for hydroxylation is 2. The van der Waals surface area contributed by atoms with E-state index in [1.165, 1.54) is 49.0 Å². The fraction of sp³-hybridized carbons (Fsp3) is 0.625. The number of para-hydroxylation sites is 1. The second-order valence-electron chi connectivity index (χ2n) is 5.61. The van der Waals surface area contributed by atoms with Crippen molar-refractivity contribution in [2.75, 3.05) is 25.5 Å². The number of piperidine rings is 1. The SMILES string of the molecule is Cc1cccc(C)c1NCCC1CCCCN1C. The van der Waals surface area contributed by atoms with Gasteiger partial charge in [0.25, 0.3) is 0 Å². The topological polar surface area (TPSA) is 15.3 Å². The van der Waals surface area contributed by atoms with Gasteiger partial charge >= 0.3 is 0 Å². The second-order valence-corrected chi connectivity index (χ2v) is 5.61. The van der Waals surface area contributed by atoms with Crippen LogP contribution in [0.4, 0.5) is 5.69 Å². The van der Waals surface area contributed by atoms with E-state index in [1.54, 1.807) is 0 Å². The fourth-order valence-corrected chi connectivity index (χ4v) is 2.97. The maximum Gasteiger partial charge on any atom is 0.0399 e. The summed E-state index contributed by atoms with van der Waals surface area (Å²) in [5, 5.41) is 3.62. The summed E-state index contributed by atoms with van der Waals surface area (Å²) in [7, 11) is 2.27. The summed E-state index contributed by atoms with van der Waals surface area (Å²) in [6, 6.07) is 7.27. The first-order valence-corrected chi connectivity index (χ1v) is 7.19. The highest BCUT2D eigenvalue weighted by Crippen LogP contribution is 2.21. The van der Waals surface area contributed by atoms with Crippen LogP contribution < -0.4 is 5.32 Å². The van der Waals surface area contributed by atoms with Crippen molar-refractivity contribution in [3.8, 4) is 0 Å². The summed E-state index contributed by atoms with van der Waals surface area (Å²) in [6.45, 7) is 6.72. The van der Waals surface area contributed by atoms with E-state index in [2.05, 4.69) is 49.3 Å². The minimum atomic E-state index is 0.774. The van der Waals surface area contributed by atoms with E-state index in [4.69, 9.17) is 0 Å². The molecule has 2 nitrogen and oxygen atoms in total. The van der Waals surface area contributed by atoms with Crippen LogP contribution in [0.3, 0.4) is 0 Å². The number of nitrogens with one attached hydrogen (secondary N) is 1. The molecule has 0 spiro atoms. The molecule has 0 radical (unpaired) electrons. The van der Waals surface area contributed by atoms with E-state index < -0.39 is 0 Å². The highest BCUT2D eigenvalue weighted by Gasteiger charge is 2.18. The molecule has 0 amide bonds. The Morgan fingerprint density at radius 2 is 1.94 bits per heavy atom. The molecule has 0 saturated carbocycles. The molecule has 1 aromatic rings. The molecule has 1 aliphatic rings. The lowest BCUT2D eigenvalue weighted by molar-refractivity contribution is 0.179. The Morgan fingerprint density at radius 3 is 2.61 bits per heavy atom. The Hall–Kier alpha value is -1.02. The van der Waals surface area contributed by atoms with E-state index in [9.17, 15) is 0 Å². The van der Waals surface area contributed by atoms with Gasteiger partial charge in [-0.2, -0.15) is 0 Å². The summed E-state index contributed by atoms with van der Waals surface area (Å²) in [4.78, 5) is 2.52. The molecular formula is C16H26N2. The largest absolute Gasteiger partial charge is 0.385 e. The number of benzene rings is 1. The number of anilines is 1. The summed E-state index contributed by atoms with van der Waals surface area (Å²) < 4.78 is 0. The Kier molecular flexibility index (Phi) is 4.65. The van der Waals surface area contributed by atoms with Crippen molar-refractivity contribution in [1.82, 2.24) is 4.90 Å². The Labute approximate surface area is 111 Å². The van der Waals surface area contributed by atoms with Crippen molar-refractivity contribution in [2.45, 2.75) is 45.6 Å². The van der Waals surface area contributed by atoms with E-state index in [-0.39, 0.29) is 0 Å². The molecule has 100 valence electrons. The zero-order chi connectivity index (χ0) is 13.0. The normalized spacial score (nSPS) is 20.9. The Bertz CT molecular complexity index is 366. The molecule has 1 atom stereocenters. The van der Waals surface area contributed by atoms with Crippen LogP contribution in [0.25, 0.3) is 0 Å². The van der Waals surface area contributed by atoms with Crippen LogP contribution in [0.5, 0.6) is 0 Å². The Morgan fingerprint density at radius 1 is 1.22 bits per heavy atom. The first kappa shape index (κ1) is 13.4. The first-order valence-electron chi connectivity index (χ1n) is 7.19. The quantitative estimate of drug-likeness (QED) is 0.873. The van der Waals surface area contributed by atoms with Crippen LogP contribution in [0, 0.1) is 13.8 Å². The third-order valence-corrected chi connectivity index (χ3v) is 4.18. The molecule has 18 heavy (non-hydrogen) atoms. The van der Waals surface area contributed by atoms with E-state index in [0.29, 0.717) is 0 Å². The zero-order valence-electron chi connectivity index (χ0n) is 12.0. The number of likely N-dealkylation sites (tertiary alicyclic amines) is 1. The van der Waals surface area contributed by atoms with Gasteiger partial charge in [0.1, 0.15) is 0 Å². The number of rotatable bonds is 4. The number of hydrogen-bond donors (Lipinski definition) is 1. The molecule has 2 heteroatoms. The lowest BCUT2D eigenvalue weighted by atomic mass is 10.00. The number of hydrogen-bond acceptors (Lipinski definition) is 2. The average molecular weight is 246 g/mol. The standard InChI is InChI=1S/C16H26N2/c1-13-7-6-8-14(2)16(13)17-11-10-15-9-4-5-12-18(15)3/h6-8,15,17H,4-5,9-12H2,1-3H3. The van der Waals surface area contributed by atoms with Crippen LogP contribution in [-0.4, -0.2) is 31.1 Å².